The summed E-state index contributed by atoms with van der Waals surface area (Å²) < 4.78 is 5.93. The quantitative estimate of drug-likeness (QED) is 0.804. The topological polar surface area (TPSA) is 64.4 Å². The molecule has 1 aromatic rings. The van der Waals surface area contributed by atoms with Crippen molar-refractivity contribution in [3.63, 3.8) is 0 Å². The maximum absolute atomic E-state index is 11.8. The minimum absolute atomic E-state index is 0.0422. The van der Waals surface area contributed by atoms with Gasteiger partial charge in [0.2, 0.25) is 5.91 Å². The van der Waals surface area contributed by atoms with Crippen molar-refractivity contribution in [3.05, 3.63) is 29.8 Å². The van der Waals surface area contributed by atoms with Crippen LogP contribution >= 0.6 is 0 Å². The molecule has 3 N–H and O–H groups in total. The Balaban J connectivity index is 2.52. The molecule has 0 fully saturated rings. The number of ether oxygens (including phenoxy) is 1. The number of benzene rings is 1. The lowest BCUT2D eigenvalue weighted by Gasteiger charge is -2.21. The van der Waals surface area contributed by atoms with Gasteiger partial charge in [0.15, 0.2) is 0 Å². The molecule has 0 saturated heterocycles. The molecule has 1 amide bonds. The van der Waals surface area contributed by atoms with Crippen molar-refractivity contribution in [1.82, 2.24) is 5.32 Å². The maximum atomic E-state index is 11.8. The number of rotatable bonds is 7. The molecule has 1 unspecified atom stereocenters. The molecule has 0 aliphatic carbocycles. The van der Waals surface area contributed by atoms with Gasteiger partial charge in [-0.05, 0) is 30.9 Å². The number of nitrogens with one attached hydrogen (secondary N) is 1. The monoisotopic (exact) mass is 278 g/mol. The summed E-state index contributed by atoms with van der Waals surface area (Å²) in [5.41, 5.74) is 6.91. The summed E-state index contributed by atoms with van der Waals surface area (Å²) in [5.74, 6) is 0.876. The van der Waals surface area contributed by atoms with E-state index >= 15 is 0 Å². The standard InChI is InChI=1S/C16H26N2O2/c1-5-13(10-18-16(19)15(17)11(2)3)20-14-9-7-6-8-12(14)4/h6-9,11,13,15H,5,10,17H2,1-4H3,(H,18,19)/t13?,15-/m0/s1. The Hall–Kier alpha value is -1.55. The molecule has 0 bridgehead atoms. The zero-order valence-electron chi connectivity index (χ0n) is 12.8. The first-order chi connectivity index (χ1) is 9.45. The van der Waals surface area contributed by atoms with E-state index in [0.717, 1.165) is 17.7 Å². The molecule has 2 atom stereocenters. The zero-order valence-corrected chi connectivity index (χ0v) is 12.8. The molecule has 0 aliphatic heterocycles. The van der Waals surface area contributed by atoms with Crippen molar-refractivity contribution in [3.8, 4) is 5.75 Å². The Morgan fingerprint density at radius 1 is 1.35 bits per heavy atom. The van der Waals surface area contributed by atoms with Crippen LogP contribution in [0.5, 0.6) is 5.75 Å². The fourth-order valence-electron chi connectivity index (χ4n) is 1.77. The normalized spacial score (nSPS) is 13.9. The number of nitrogens with two attached hydrogens (primary N) is 1. The van der Waals surface area contributed by atoms with Crippen LogP contribution in [0.2, 0.25) is 0 Å². The van der Waals surface area contributed by atoms with Crippen LogP contribution in [-0.2, 0) is 4.79 Å². The van der Waals surface area contributed by atoms with Gasteiger partial charge in [-0.2, -0.15) is 0 Å². The SMILES string of the molecule is CCC(CNC(=O)[C@@H](N)C(C)C)Oc1ccccc1C. The summed E-state index contributed by atoms with van der Waals surface area (Å²) in [7, 11) is 0. The highest BCUT2D eigenvalue weighted by atomic mass is 16.5. The Bertz CT molecular complexity index is 432. The molecule has 0 aliphatic rings. The summed E-state index contributed by atoms with van der Waals surface area (Å²) in [6, 6.07) is 7.41. The minimum Gasteiger partial charge on any atom is -0.488 e. The third kappa shape index (κ3) is 4.85. The molecule has 112 valence electrons. The molecule has 0 aromatic heterocycles. The Kier molecular flexibility index (Phi) is 6.52. The number of amides is 1. The molecule has 1 aromatic carbocycles. The summed E-state index contributed by atoms with van der Waals surface area (Å²) in [5, 5.41) is 2.87. The van der Waals surface area contributed by atoms with Crippen LogP contribution in [0.1, 0.15) is 32.8 Å². The van der Waals surface area contributed by atoms with Crippen LogP contribution in [-0.4, -0.2) is 24.6 Å². The highest BCUT2D eigenvalue weighted by molar-refractivity contribution is 5.81. The zero-order chi connectivity index (χ0) is 15.1. The average Bonchev–Trinajstić information content (AvgIpc) is 2.43. The van der Waals surface area contributed by atoms with Gasteiger partial charge in [0.05, 0.1) is 12.6 Å². The molecule has 0 spiro atoms. The Labute approximate surface area is 121 Å². The molecule has 1 rings (SSSR count). The van der Waals surface area contributed by atoms with E-state index in [0.29, 0.717) is 6.54 Å². The van der Waals surface area contributed by atoms with E-state index in [1.807, 2.05) is 52.0 Å². The molecular weight excluding hydrogens is 252 g/mol. The van der Waals surface area contributed by atoms with Crippen molar-refractivity contribution >= 4 is 5.91 Å². The third-order valence-electron chi connectivity index (χ3n) is 3.37. The van der Waals surface area contributed by atoms with Crippen LogP contribution in [0.25, 0.3) is 0 Å². The second-order valence-corrected chi connectivity index (χ2v) is 5.43. The van der Waals surface area contributed by atoms with Gasteiger partial charge >= 0.3 is 0 Å². The van der Waals surface area contributed by atoms with Crippen molar-refractivity contribution in [2.45, 2.75) is 46.3 Å². The summed E-state index contributed by atoms with van der Waals surface area (Å²) >= 11 is 0. The van der Waals surface area contributed by atoms with Gasteiger partial charge in [-0.25, -0.2) is 0 Å². The molecule has 0 radical (unpaired) electrons. The molecule has 0 heterocycles. The van der Waals surface area contributed by atoms with E-state index in [9.17, 15) is 4.79 Å². The fourth-order valence-corrected chi connectivity index (χ4v) is 1.77. The molecule has 4 heteroatoms. The van der Waals surface area contributed by atoms with Crippen LogP contribution in [0, 0.1) is 12.8 Å². The Morgan fingerprint density at radius 3 is 2.55 bits per heavy atom. The van der Waals surface area contributed by atoms with Gasteiger partial charge in [-0.3, -0.25) is 4.79 Å². The van der Waals surface area contributed by atoms with Gasteiger partial charge in [-0.15, -0.1) is 0 Å². The molecule has 20 heavy (non-hydrogen) atoms. The predicted molar refractivity (Wildman–Crippen MR) is 81.7 cm³/mol. The van der Waals surface area contributed by atoms with E-state index in [1.54, 1.807) is 0 Å². The van der Waals surface area contributed by atoms with Gasteiger partial charge in [0.25, 0.3) is 0 Å². The predicted octanol–water partition coefficient (Wildman–Crippen LogP) is 2.25. The van der Waals surface area contributed by atoms with Crippen molar-refractivity contribution < 1.29 is 9.53 Å². The van der Waals surface area contributed by atoms with E-state index in [4.69, 9.17) is 10.5 Å². The van der Waals surface area contributed by atoms with Gasteiger partial charge < -0.3 is 15.8 Å². The minimum atomic E-state index is -0.467. The highest BCUT2D eigenvalue weighted by Crippen LogP contribution is 2.18. The van der Waals surface area contributed by atoms with Crippen LogP contribution in [0.3, 0.4) is 0 Å². The lowest BCUT2D eigenvalue weighted by atomic mass is 10.1. The number of hydrogen-bond acceptors (Lipinski definition) is 3. The molecular formula is C16H26N2O2. The second kappa shape index (κ2) is 7.90. The van der Waals surface area contributed by atoms with E-state index in [2.05, 4.69) is 5.32 Å². The molecule has 0 saturated carbocycles. The van der Waals surface area contributed by atoms with E-state index in [-0.39, 0.29) is 17.9 Å². The summed E-state index contributed by atoms with van der Waals surface area (Å²) in [6.45, 7) is 8.40. The second-order valence-electron chi connectivity index (χ2n) is 5.43. The van der Waals surface area contributed by atoms with Gasteiger partial charge in [0.1, 0.15) is 11.9 Å². The smallest absolute Gasteiger partial charge is 0.237 e. The molecule has 4 nitrogen and oxygen atoms in total. The van der Waals surface area contributed by atoms with Crippen molar-refractivity contribution in [2.24, 2.45) is 11.7 Å². The van der Waals surface area contributed by atoms with E-state index in [1.165, 1.54) is 0 Å². The summed E-state index contributed by atoms with van der Waals surface area (Å²) in [4.78, 5) is 11.8. The van der Waals surface area contributed by atoms with Gasteiger partial charge in [-0.1, -0.05) is 39.0 Å². The first kappa shape index (κ1) is 16.5. The van der Waals surface area contributed by atoms with Gasteiger partial charge in [0, 0.05) is 0 Å². The number of carbonyl (C=O) groups is 1. The average molecular weight is 278 g/mol. The number of hydrogen-bond donors (Lipinski definition) is 2. The van der Waals surface area contributed by atoms with Crippen molar-refractivity contribution in [1.29, 1.82) is 0 Å². The lowest BCUT2D eigenvalue weighted by molar-refractivity contribution is -0.123. The van der Waals surface area contributed by atoms with Crippen LogP contribution in [0.4, 0.5) is 0 Å². The Morgan fingerprint density at radius 2 is 2.00 bits per heavy atom. The summed E-state index contributed by atoms with van der Waals surface area (Å²) in [6.07, 6.45) is 0.783. The number of aryl methyl sites for hydroxylation is 1. The first-order valence-corrected chi connectivity index (χ1v) is 7.21. The maximum Gasteiger partial charge on any atom is 0.237 e. The largest absolute Gasteiger partial charge is 0.488 e. The highest BCUT2D eigenvalue weighted by Gasteiger charge is 2.18. The van der Waals surface area contributed by atoms with Crippen molar-refractivity contribution in [2.75, 3.05) is 6.54 Å². The number of carbonyl (C=O) groups excluding carboxylic acids is 1. The van der Waals surface area contributed by atoms with Crippen LogP contribution in [0.15, 0.2) is 24.3 Å². The third-order valence-corrected chi connectivity index (χ3v) is 3.37. The van der Waals surface area contributed by atoms with E-state index < -0.39 is 6.04 Å². The first-order valence-electron chi connectivity index (χ1n) is 7.21. The fraction of sp³-hybridized carbons (Fsp3) is 0.562. The number of para-hydroxylation sites is 1. The van der Waals surface area contributed by atoms with Crippen LogP contribution < -0.4 is 15.8 Å². The lowest BCUT2D eigenvalue weighted by Crippen LogP contribution is -2.46.